The van der Waals surface area contributed by atoms with Crippen molar-refractivity contribution in [1.29, 1.82) is 0 Å². The number of aliphatic hydroxyl groups is 7. The molecule has 0 bridgehead atoms. The third-order valence-electron chi connectivity index (χ3n) is 13.2. The first-order valence-corrected chi connectivity index (χ1v) is 25.9. The molecule has 13 atom stereocenters. The van der Waals surface area contributed by atoms with Gasteiger partial charge in [-0.2, -0.15) is 0 Å². The van der Waals surface area contributed by atoms with E-state index < -0.39 is 18.3 Å². The molecule has 6 heterocycles. The van der Waals surface area contributed by atoms with E-state index in [1.807, 2.05) is 41.5 Å². The molecule has 7 N–H and O–H groups in total. The first-order valence-electron chi connectivity index (χ1n) is 25.9. The molecule has 0 radical (unpaired) electrons. The Labute approximate surface area is 397 Å². The molecule has 390 valence electrons. The molecular formula is C48H96N5O13+. The lowest BCUT2D eigenvalue weighted by atomic mass is 10.1. The molecule has 18 nitrogen and oxygen atoms in total. The van der Waals surface area contributed by atoms with Crippen molar-refractivity contribution in [2.45, 2.75) is 166 Å². The number of epoxide rings is 6. The number of nitrogens with zero attached hydrogens (tertiary/aromatic N) is 5. The number of hydrogen-bond donors (Lipinski definition) is 7. The average Bonchev–Trinajstić information content (AvgIpc) is 4.05. The summed E-state index contributed by atoms with van der Waals surface area (Å²) in [6.07, 6.45) is 4.73. The van der Waals surface area contributed by atoms with Crippen LogP contribution in [0.2, 0.25) is 0 Å². The van der Waals surface area contributed by atoms with Crippen LogP contribution in [-0.4, -0.2) is 284 Å². The van der Waals surface area contributed by atoms with Gasteiger partial charge in [-0.1, -0.05) is 41.5 Å². The third kappa shape index (κ3) is 27.0. The summed E-state index contributed by atoms with van der Waals surface area (Å²) in [6, 6.07) is 0. The molecule has 0 saturated carbocycles. The van der Waals surface area contributed by atoms with Gasteiger partial charge in [-0.3, -0.25) is 19.6 Å². The van der Waals surface area contributed by atoms with Gasteiger partial charge in [-0.25, -0.2) is 0 Å². The molecule has 6 aliphatic heterocycles. The van der Waals surface area contributed by atoms with Crippen LogP contribution in [0, 0.1) is 0 Å². The first-order chi connectivity index (χ1) is 31.7. The van der Waals surface area contributed by atoms with Crippen molar-refractivity contribution >= 4 is 0 Å². The smallest absolute Gasteiger partial charge is 0.130 e. The Hall–Kier alpha value is -0.720. The van der Waals surface area contributed by atoms with Crippen molar-refractivity contribution in [3.05, 3.63) is 0 Å². The largest absolute Gasteiger partial charge is 0.392 e. The standard InChI is InChI=1S/C20H39N2O6.C17H34N2O4.C11H23NO3/c1-3-15(23)5-21(7-18-12-26-18)6-17(25)9-22(8-16(24)4-2,10-19-13-27-19)11-20-14-28-20;1-3-14(20)8-18(10-16-12-22-16)6-5-7-19(9-15(21)4-2)11-17-13-23-17;1-3-9(13)5-12(6-10(14)4-2)7-11-8-15-11/h15-20,23-25H,3-14H2,1-2H3;14-17,20-21H,3-13H2,1-2H3;9-11,13-14H,3-8H2,1-2H3/q+1;;. The monoisotopic (exact) mass is 951 g/mol. The van der Waals surface area contributed by atoms with Crippen LogP contribution in [0.15, 0.2) is 0 Å². The van der Waals surface area contributed by atoms with Gasteiger partial charge in [0.25, 0.3) is 0 Å². The normalized spacial score (nSPS) is 27.8. The van der Waals surface area contributed by atoms with E-state index in [9.17, 15) is 35.7 Å². The van der Waals surface area contributed by atoms with E-state index in [0.717, 1.165) is 137 Å². The lowest BCUT2D eigenvalue weighted by Gasteiger charge is -2.41. The van der Waals surface area contributed by atoms with Crippen LogP contribution in [0.4, 0.5) is 0 Å². The number of ether oxygens (including phenoxy) is 6. The molecule has 18 heteroatoms. The fraction of sp³-hybridized carbons (Fsp3) is 1.00. The highest BCUT2D eigenvalue weighted by molar-refractivity contribution is 4.82. The summed E-state index contributed by atoms with van der Waals surface area (Å²) in [4.78, 5) is 8.84. The molecule has 0 aliphatic carbocycles. The predicted molar refractivity (Wildman–Crippen MR) is 252 cm³/mol. The highest BCUT2D eigenvalue weighted by Gasteiger charge is 2.44. The summed E-state index contributed by atoms with van der Waals surface area (Å²) >= 11 is 0. The Kier molecular flexibility index (Phi) is 27.1. The van der Waals surface area contributed by atoms with E-state index in [1.54, 1.807) is 0 Å². The van der Waals surface area contributed by atoms with Gasteiger partial charge in [0.05, 0.1) is 94.6 Å². The topological polar surface area (TPSA) is 230 Å². The minimum absolute atomic E-state index is 0.216. The zero-order valence-corrected chi connectivity index (χ0v) is 41.8. The van der Waals surface area contributed by atoms with E-state index >= 15 is 0 Å². The molecule has 0 aromatic carbocycles. The van der Waals surface area contributed by atoms with Gasteiger partial charge in [0, 0.05) is 65.4 Å². The summed E-state index contributed by atoms with van der Waals surface area (Å²) in [7, 11) is 0. The second-order valence-electron chi connectivity index (χ2n) is 20.1. The van der Waals surface area contributed by atoms with Crippen LogP contribution in [0.3, 0.4) is 0 Å². The molecule has 6 saturated heterocycles. The van der Waals surface area contributed by atoms with Gasteiger partial charge < -0.3 is 68.6 Å². The maximum absolute atomic E-state index is 11.0. The maximum atomic E-state index is 11.0. The Balaban J connectivity index is 0.000000227. The van der Waals surface area contributed by atoms with Crippen molar-refractivity contribution in [2.75, 3.05) is 144 Å². The fourth-order valence-electron chi connectivity index (χ4n) is 8.50. The van der Waals surface area contributed by atoms with E-state index in [1.165, 1.54) is 0 Å². The molecular weight excluding hydrogens is 855 g/mol. The summed E-state index contributed by atoms with van der Waals surface area (Å²) in [5.41, 5.74) is 0. The molecule has 6 aliphatic rings. The molecule has 66 heavy (non-hydrogen) atoms. The van der Waals surface area contributed by atoms with Crippen molar-refractivity contribution < 1.29 is 68.6 Å². The lowest BCUT2D eigenvalue weighted by Crippen LogP contribution is -2.60. The average molecular weight is 951 g/mol. The van der Waals surface area contributed by atoms with Crippen LogP contribution in [-0.2, 0) is 28.4 Å². The van der Waals surface area contributed by atoms with Gasteiger partial charge >= 0.3 is 0 Å². The predicted octanol–water partition coefficient (Wildman–Crippen LogP) is -0.247. The number of aliphatic hydroxyl groups excluding tert-OH is 7. The van der Waals surface area contributed by atoms with Crippen molar-refractivity contribution in [3.63, 3.8) is 0 Å². The lowest BCUT2D eigenvalue weighted by molar-refractivity contribution is -0.934. The molecule has 0 amide bonds. The maximum Gasteiger partial charge on any atom is 0.130 e. The third-order valence-corrected chi connectivity index (χ3v) is 13.2. The Morgan fingerprint density at radius 2 is 0.606 bits per heavy atom. The van der Waals surface area contributed by atoms with Crippen LogP contribution in [0.25, 0.3) is 0 Å². The second kappa shape index (κ2) is 30.9. The summed E-state index contributed by atoms with van der Waals surface area (Å²) in [5, 5.41) is 70.4. The minimum Gasteiger partial charge on any atom is -0.392 e. The van der Waals surface area contributed by atoms with Gasteiger partial charge in [0.2, 0.25) is 0 Å². The van der Waals surface area contributed by atoms with Crippen LogP contribution < -0.4 is 0 Å². The molecule has 0 aromatic rings. The minimum atomic E-state index is -0.552. The van der Waals surface area contributed by atoms with E-state index in [2.05, 4.69) is 19.6 Å². The summed E-state index contributed by atoms with van der Waals surface area (Å²) in [5.74, 6) is 0. The fourth-order valence-corrected chi connectivity index (χ4v) is 8.50. The zero-order chi connectivity index (χ0) is 48.1. The Bertz CT molecular complexity index is 1190. The van der Waals surface area contributed by atoms with Gasteiger partial charge in [0.1, 0.15) is 50.6 Å². The van der Waals surface area contributed by atoms with Crippen molar-refractivity contribution in [2.24, 2.45) is 0 Å². The van der Waals surface area contributed by atoms with Gasteiger partial charge in [-0.15, -0.1) is 0 Å². The van der Waals surface area contributed by atoms with Crippen molar-refractivity contribution in [3.8, 4) is 0 Å². The Morgan fingerprint density at radius 1 is 0.364 bits per heavy atom. The molecule has 0 spiro atoms. The van der Waals surface area contributed by atoms with E-state index in [-0.39, 0.29) is 42.7 Å². The highest BCUT2D eigenvalue weighted by atomic mass is 16.6. The number of rotatable bonds is 38. The zero-order valence-electron chi connectivity index (χ0n) is 41.8. The van der Waals surface area contributed by atoms with Gasteiger partial charge in [0.15, 0.2) is 0 Å². The van der Waals surface area contributed by atoms with Crippen LogP contribution >= 0.6 is 0 Å². The summed E-state index contributed by atoms with van der Waals surface area (Å²) < 4.78 is 32.8. The van der Waals surface area contributed by atoms with Gasteiger partial charge in [-0.05, 0) is 58.0 Å². The molecule has 13 unspecified atom stereocenters. The molecule has 6 fully saturated rings. The van der Waals surface area contributed by atoms with Crippen molar-refractivity contribution in [1.82, 2.24) is 19.6 Å². The summed E-state index contributed by atoms with van der Waals surface area (Å²) in [6.45, 7) is 28.6. The van der Waals surface area contributed by atoms with Crippen LogP contribution in [0.5, 0.6) is 0 Å². The van der Waals surface area contributed by atoms with E-state index in [4.69, 9.17) is 28.4 Å². The SMILES string of the molecule is CCC(O)CN(CC(O)CC)CC1CO1.CCC(O)CN(CC(O)C[N+](CC(O)CC)(CC1CO1)CC1CO1)CC1CO1.CCC(O)CN(CCCN(CC(O)CC)CC1CO1)CC1CO1. The molecule has 0 aromatic heterocycles. The highest BCUT2D eigenvalue weighted by Crippen LogP contribution is 2.25. The number of quaternary nitrogens is 1. The number of hydrogen-bond acceptors (Lipinski definition) is 17. The van der Waals surface area contributed by atoms with E-state index in [0.29, 0.717) is 74.9 Å². The first kappa shape index (κ1) is 57.9. The van der Waals surface area contributed by atoms with Crippen LogP contribution in [0.1, 0.15) is 86.5 Å². The quantitative estimate of drug-likeness (QED) is 0.0313. The molecule has 6 rings (SSSR count). The second-order valence-corrected chi connectivity index (χ2v) is 20.1. The Morgan fingerprint density at radius 3 is 0.879 bits per heavy atom.